The van der Waals surface area contributed by atoms with Crippen LogP contribution in [0.15, 0.2) is 29.3 Å². The fraction of sp³-hybridized carbons (Fsp3) is 0.562. The summed E-state index contributed by atoms with van der Waals surface area (Å²) in [6.07, 6.45) is 1.73. The van der Waals surface area contributed by atoms with E-state index in [1.54, 1.807) is 12.1 Å². The van der Waals surface area contributed by atoms with Crippen molar-refractivity contribution in [3.05, 3.63) is 34.4 Å². The monoisotopic (exact) mass is 513 g/mol. The van der Waals surface area contributed by atoms with Gasteiger partial charge in [-0.3, -0.25) is 15.1 Å². The number of sulfone groups is 1. The first-order valence-electron chi connectivity index (χ1n) is 8.42. The Labute approximate surface area is 177 Å². The number of hydrogen-bond acceptors (Lipinski definition) is 6. The molecule has 0 fully saturated rings. The van der Waals surface area contributed by atoms with Crippen LogP contribution in [0.3, 0.4) is 0 Å². The number of aliphatic imine (C=N–C) groups is 1. The number of anilines is 1. The Morgan fingerprint density at radius 1 is 1.30 bits per heavy atom. The molecule has 0 aliphatic rings. The van der Waals surface area contributed by atoms with E-state index in [1.807, 2.05) is 13.8 Å². The van der Waals surface area contributed by atoms with Gasteiger partial charge in [0.1, 0.15) is 9.84 Å². The highest BCUT2D eigenvalue weighted by Crippen LogP contribution is 2.14. The fourth-order valence-electron chi connectivity index (χ4n) is 2.09. The van der Waals surface area contributed by atoms with Gasteiger partial charge in [-0.1, -0.05) is 0 Å². The molecule has 27 heavy (non-hydrogen) atoms. The molecule has 0 radical (unpaired) electrons. The number of hydrogen-bond donors (Lipinski definition) is 3. The van der Waals surface area contributed by atoms with Crippen molar-refractivity contribution in [2.24, 2.45) is 4.99 Å². The highest BCUT2D eigenvalue weighted by Gasteiger charge is 2.09. The predicted octanol–water partition coefficient (Wildman–Crippen LogP) is 2.00. The van der Waals surface area contributed by atoms with Gasteiger partial charge >= 0.3 is 0 Å². The Morgan fingerprint density at radius 2 is 1.93 bits per heavy atom. The summed E-state index contributed by atoms with van der Waals surface area (Å²) in [4.78, 5) is 14.6. The molecule has 0 saturated carbocycles. The van der Waals surface area contributed by atoms with Gasteiger partial charge in [-0.2, -0.15) is 0 Å². The number of benzene rings is 1. The summed E-state index contributed by atoms with van der Waals surface area (Å²) in [7, 11) is -2.98. The van der Waals surface area contributed by atoms with E-state index in [0.29, 0.717) is 32.0 Å². The highest BCUT2D eigenvalue weighted by atomic mass is 127. The Kier molecular flexibility index (Phi) is 11.9. The van der Waals surface area contributed by atoms with E-state index in [2.05, 4.69) is 20.9 Å². The van der Waals surface area contributed by atoms with E-state index >= 15 is 0 Å². The van der Waals surface area contributed by atoms with E-state index in [1.165, 1.54) is 18.4 Å². The molecular formula is C16H28IN5O4S. The Balaban J connectivity index is 0.00000676. The molecule has 1 rings (SSSR count). The number of nitro groups is 1. The molecule has 0 bridgehead atoms. The maximum absolute atomic E-state index is 11.2. The van der Waals surface area contributed by atoms with Crippen molar-refractivity contribution in [2.45, 2.75) is 26.3 Å². The van der Waals surface area contributed by atoms with Crippen LogP contribution in [0.2, 0.25) is 0 Å². The van der Waals surface area contributed by atoms with Crippen molar-refractivity contribution in [1.29, 1.82) is 0 Å². The van der Waals surface area contributed by atoms with E-state index in [4.69, 9.17) is 0 Å². The van der Waals surface area contributed by atoms with Crippen LogP contribution >= 0.6 is 24.0 Å². The van der Waals surface area contributed by atoms with Gasteiger partial charge in [0.2, 0.25) is 0 Å². The van der Waals surface area contributed by atoms with E-state index in [9.17, 15) is 18.5 Å². The molecule has 9 nitrogen and oxygen atoms in total. The zero-order chi connectivity index (χ0) is 19.6. The minimum absolute atomic E-state index is 0. The van der Waals surface area contributed by atoms with Gasteiger partial charge in [0.15, 0.2) is 5.96 Å². The van der Waals surface area contributed by atoms with Crippen LogP contribution in [0.1, 0.15) is 20.3 Å². The zero-order valence-electron chi connectivity index (χ0n) is 15.8. The van der Waals surface area contributed by atoms with Gasteiger partial charge in [0.25, 0.3) is 5.69 Å². The topological polar surface area (TPSA) is 126 Å². The molecule has 0 aromatic heterocycles. The third kappa shape index (κ3) is 11.6. The molecule has 154 valence electrons. The van der Waals surface area contributed by atoms with E-state index in [-0.39, 0.29) is 41.5 Å². The largest absolute Gasteiger partial charge is 0.383 e. The van der Waals surface area contributed by atoms with Crippen molar-refractivity contribution < 1.29 is 13.3 Å². The number of guanidine groups is 1. The first kappa shape index (κ1) is 25.4. The lowest BCUT2D eigenvalue weighted by atomic mass is 10.3. The highest BCUT2D eigenvalue weighted by molar-refractivity contribution is 14.0. The van der Waals surface area contributed by atoms with Crippen molar-refractivity contribution in [3.8, 4) is 0 Å². The lowest BCUT2D eigenvalue weighted by molar-refractivity contribution is -0.384. The Morgan fingerprint density at radius 3 is 2.44 bits per heavy atom. The number of non-ortho nitro benzene ring substituents is 1. The standard InChI is InChI=1S/C16H27N5O4S.HI/c1-4-17-16(20-13(2)9-12-26(3,24)25)19-11-10-18-14-5-7-15(8-6-14)21(22)23;/h5-8,13,18H,4,9-12H2,1-3H3,(H2,17,19,20);1H. The van der Waals surface area contributed by atoms with Crippen LogP contribution in [-0.2, 0) is 9.84 Å². The third-order valence-electron chi connectivity index (χ3n) is 3.44. The number of nitrogens with zero attached hydrogens (tertiary/aromatic N) is 2. The molecule has 1 atom stereocenters. The van der Waals surface area contributed by atoms with E-state index < -0.39 is 14.8 Å². The molecule has 3 N–H and O–H groups in total. The molecule has 1 unspecified atom stereocenters. The second-order valence-electron chi connectivity index (χ2n) is 5.96. The predicted molar refractivity (Wildman–Crippen MR) is 120 cm³/mol. The summed E-state index contributed by atoms with van der Waals surface area (Å²) < 4.78 is 22.5. The van der Waals surface area contributed by atoms with Crippen LogP contribution < -0.4 is 16.0 Å². The average molecular weight is 513 g/mol. The first-order chi connectivity index (χ1) is 12.2. The minimum atomic E-state index is -2.98. The SMILES string of the molecule is CCNC(=NCCNc1ccc([N+](=O)[O-])cc1)NC(C)CCS(C)(=O)=O.I. The van der Waals surface area contributed by atoms with Crippen LogP contribution in [-0.4, -0.2) is 57.0 Å². The average Bonchev–Trinajstić information content (AvgIpc) is 2.57. The van der Waals surface area contributed by atoms with Gasteiger partial charge in [-0.15, -0.1) is 24.0 Å². The fourth-order valence-corrected chi connectivity index (χ4v) is 2.87. The number of nitro benzene ring substituents is 1. The second-order valence-corrected chi connectivity index (χ2v) is 8.22. The summed E-state index contributed by atoms with van der Waals surface area (Å²) in [5, 5.41) is 20.1. The summed E-state index contributed by atoms with van der Waals surface area (Å²) in [5.41, 5.74) is 0.834. The lowest BCUT2D eigenvalue weighted by Crippen LogP contribution is -2.43. The van der Waals surface area contributed by atoms with Gasteiger partial charge in [-0.05, 0) is 32.4 Å². The Bertz CT molecular complexity index is 710. The minimum Gasteiger partial charge on any atom is -0.383 e. The lowest BCUT2D eigenvalue weighted by Gasteiger charge is -2.17. The number of halogens is 1. The quantitative estimate of drug-likeness (QED) is 0.109. The molecule has 1 aromatic rings. The summed E-state index contributed by atoms with van der Waals surface area (Å²) >= 11 is 0. The van der Waals surface area contributed by atoms with Gasteiger partial charge in [-0.25, -0.2) is 8.42 Å². The summed E-state index contributed by atoms with van der Waals surface area (Å²) in [6.45, 7) is 5.61. The van der Waals surface area contributed by atoms with Crippen molar-refractivity contribution >= 4 is 51.1 Å². The van der Waals surface area contributed by atoms with Crippen LogP contribution in [0, 0.1) is 10.1 Å². The molecule has 0 heterocycles. The van der Waals surface area contributed by atoms with Crippen LogP contribution in [0.5, 0.6) is 0 Å². The maximum atomic E-state index is 11.2. The summed E-state index contributed by atoms with van der Waals surface area (Å²) in [5.74, 6) is 0.751. The van der Waals surface area contributed by atoms with Gasteiger partial charge in [0.05, 0.1) is 17.2 Å². The number of nitrogens with one attached hydrogen (secondary N) is 3. The number of rotatable bonds is 10. The second kappa shape index (κ2) is 12.7. The maximum Gasteiger partial charge on any atom is 0.269 e. The molecule has 0 spiro atoms. The van der Waals surface area contributed by atoms with Crippen molar-refractivity contribution in [3.63, 3.8) is 0 Å². The molecule has 11 heteroatoms. The zero-order valence-corrected chi connectivity index (χ0v) is 18.9. The third-order valence-corrected chi connectivity index (χ3v) is 4.42. The van der Waals surface area contributed by atoms with Crippen molar-refractivity contribution in [2.75, 3.05) is 37.0 Å². The molecule has 0 amide bonds. The van der Waals surface area contributed by atoms with Gasteiger partial charge in [0, 0.05) is 43.2 Å². The molecule has 1 aromatic carbocycles. The molecule has 0 saturated heterocycles. The smallest absolute Gasteiger partial charge is 0.269 e. The molecular weight excluding hydrogens is 485 g/mol. The first-order valence-corrected chi connectivity index (χ1v) is 10.5. The Hall–Kier alpha value is -1.63. The van der Waals surface area contributed by atoms with Gasteiger partial charge < -0.3 is 16.0 Å². The summed E-state index contributed by atoms with van der Waals surface area (Å²) in [6, 6.07) is 6.17. The van der Waals surface area contributed by atoms with Crippen LogP contribution in [0.4, 0.5) is 11.4 Å². The van der Waals surface area contributed by atoms with Crippen molar-refractivity contribution in [1.82, 2.24) is 10.6 Å². The molecule has 0 aliphatic heterocycles. The normalized spacial score (nSPS) is 12.6. The van der Waals surface area contributed by atoms with Crippen LogP contribution in [0.25, 0.3) is 0 Å². The van der Waals surface area contributed by atoms with E-state index in [0.717, 1.165) is 5.69 Å². The molecule has 0 aliphatic carbocycles.